The zero-order chi connectivity index (χ0) is 11.5. The highest BCUT2D eigenvalue weighted by atomic mass is 19.1. The molecule has 15 heavy (non-hydrogen) atoms. The number of rotatable bonds is 5. The van der Waals surface area contributed by atoms with Crippen molar-refractivity contribution in [2.24, 2.45) is 0 Å². The molecular weight excluding hydrogens is 199 g/mol. The molecule has 0 bridgehead atoms. The lowest BCUT2D eigenvalue weighted by atomic mass is 10.1. The number of halogens is 1. The summed E-state index contributed by atoms with van der Waals surface area (Å²) in [5.41, 5.74) is -0.568. The van der Waals surface area contributed by atoms with Gasteiger partial charge in [0.2, 0.25) is 0 Å². The highest BCUT2D eigenvalue weighted by molar-refractivity contribution is 5.66. The first-order chi connectivity index (χ1) is 6.88. The van der Waals surface area contributed by atoms with Gasteiger partial charge in [-0.1, -0.05) is 0 Å². The van der Waals surface area contributed by atoms with E-state index < -0.39 is 11.6 Å². The lowest BCUT2D eigenvalue weighted by Gasteiger charge is -2.16. The SMILES string of the molecule is CC(C)(F)Cn1cncc1CCC(=O)O. The smallest absolute Gasteiger partial charge is 0.303 e. The molecule has 4 nitrogen and oxygen atoms in total. The van der Waals surface area contributed by atoms with E-state index in [2.05, 4.69) is 4.98 Å². The van der Waals surface area contributed by atoms with Crippen molar-refractivity contribution in [3.8, 4) is 0 Å². The van der Waals surface area contributed by atoms with Crippen LogP contribution in [0.15, 0.2) is 12.5 Å². The molecule has 0 atom stereocenters. The maximum Gasteiger partial charge on any atom is 0.303 e. The molecule has 0 aliphatic heterocycles. The number of imidazole rings is 1. The first kappa shape index (κ1) is 11.7. The lowest BCUT2D eigenvalue weighted by molar-refractivity contribution is -0.136. The van der Waals surface area contributed by atoms with Crippen LogP contribution in [-0.2, 0) is 17.8 Å². The monoisotopic (exact) mass is 214 g/mol. The number of carboxylic acid groups (broad SMARTS) is 1. The topological polar surface area (TPSA) is 55.1 Å². The number of aromatic nitrogens is 2. The Balaban J connectivity index is 2.65. The van der Waals surface area contributed by atoms with Crippen LogP contribution >= 0.6 is 0 Å². The van der Waals surface area contributed by atoms with Gasteiger partial charge in [0.1, 0.15) is 5.67 Å². The molecule has 0 aromatic carbocycles. The predicted molar refractivity (Wildman–Crippen MR) is 53.4 cm³/mol. The summed E-state index contributed by atoms with van der Waals surface area (Å²) in [4.78, 5) is 14.3. The first-order valence-electron chi connectivity index (χ1n) is 4.78. The second kappa shape index (κ2) is 4.42. The minimum absolute atomic E-state index is 0.0401. The van der Waals surface area contributed by atoms with Crippen molar-refractivity contribution in [2.75, 3.05) is 0 Å². The average Bonchev–Trinajstić information content (AvgIpc) is 2.45. The lowest BCUT2D eigenvalue weighted by Crippen LogP contribution is -2.21. The third-order valence-corrected chi connectivity index (χ3v) is 1.94. The third-order valence-electron chi connectivity index (χ3n) is 1.94. The zero-order valence-corrected chi connectivity index (χ0v) is 8.90. The molecule has 0 aliphatic rings. The number of hydrogen-bond acceptors (Lipinski definition) is 2. The summed E-state index contributed by atoms with van der Waals surface area (Å²) in [6.07, 6.45) is 3.52. The van der Waals surface area contributed by atoms with Gasteiger partial charge in [0, 0.05) is 11.9 Å². The fourth-order valence-electron chi connectivity index (χ4n) is 1.34. The molecule has 0 unspecified atom stereocenters. The van der Waals surface area contributed by atoms with Crippen LogP contribution in [-0.4, -0.2) is 26.3 Å². The van der Waals surface area contributed by atoms with Gasteiger partial charge in [-0.15, -0.1) is 0 Å². The number of alkyl halides is 1. The van der Waals surface area contributed by atoms with Crippen LogP contribution in [0.25, 0.3) is 0 Å². The van der Waals surface area contributed by atoms with Crippen LogP contribution in [0.5, 0.6) is 0 Å². The zero-order valence-electron chi connectivity index (χ0n) is 8.90. The Morgan fingerprint density at radius 3 is 2.87 bits per heavy atom. The number of aliphatic carboxylic acids is 1. The van der Waals surface area contributed by atoms with Gasteiger partial charge >= 0.3 is 5.97 Å². The standard InChI is InChI=1S/C10H15FN2O2/c1-10(2,11)6-13-7-12-5-8(13)3-4-9(14)15/h5,7H,3-4,6H2,1-2H3,(H,14,15). The molecule has 0 saturated carbocycles. The average molecular weight is 214 g/mol. The van der Waals surface area contributed by atoms with E-state index in [1.807, 2.05) is 0 Å². The molecule has 0 aliphatic carbocycles. The van der Waals surface area contributed by atoms with Crippen LogP contribution < -0.4 is 0 Å². The maximum atomic E-state index is 13.4. The molecule has 0 spiro atoms. The van der Waals surface area contributed by atoms with Crippen molar-refractivity contribution in [3.05, 3.63) is 18.2 Å². The molecule has 1 aromatic heterocycles. The van der Waals surface area contributed by atoms with Gasteiger partial charge < -0.3 is 9.67 Å². The minimum atomic E-state index is -1.32. The van der Waals surface area contributed by atoms with Crippen molar-refractivity contribution in [2.45, 2.75) is 38.9 Å². The highest BCUT2D eigenvalue weighted by Gasteiger charge is 2.17. The quantitative estimate of drug-likeness (QED) is 0.810. The Labute approximate surface area is 87.7 Å². The minimum Gasteiger partial charge on any atom is -0.481 e. The van der Waals surface area contributed by atoms with Crippen molar-refractivity contribution in [1.82, 2.24) is 9.55 Å². The van der Waals surface area contributed by atoms with E-state index in [-0.39, 0.29) is 13.0 Å². The van der Waals surface area contributed by atoms with Gasteiger partial charge in [0.05, 0.1) is 19.3 Å². The van der Waals surface area contributed by atoms with Crippen molar-refractivity contribution < 1.29 is 14.3 Å². The number of carboxylic acids is 1. The molecule has 1 heterocycles. The van der Waals surface area contributed by atoms with Crippen LogP contribution in [0.4, 0.5) is 4.39 Å². The van der Waals surface area contributed by atoms with Gasteiger partial charge in [-0.3, -0.25) is 4.79 Å². The van der Waals surface area contributed by atoms with E-state index >= 15 is 0 Å². The third kappa shape index (κ3) is 4.10. The Bertz CT molecular complexity index is 341. The summed E-state index contributed by atoms with van der Waals surface area (Å²) in [6, 6.07) is 0. The number of carbonyl (C=O) groups is 1. The molecule has 0 fully saturated rings. The van der Waals surface area contributed by atoms with Crippen molar-refractivity contribution >= 4 is 5.97 Å². The van der Waals surface area contributed by atoms with E-state index in [4.69, 9.17) is 5.11 Å². The van der Waals surface area contributed by atoms with E-state index in [1.165, 1.54) is 20.2 Å². The second-order valence-electron chi connectivity index (χ2n) is 4.13. The van der Waals surface area contributed by atoms with E-state index in [9.17, 15) is 9.18 Å². The van der Waals surface area contributed by atoms with E-state index in [0.29, 0.717) is 6.42 Å². The predicted octanol–water partition coefficient (Wildman–Crippen LogP) is 1.65. The normalized spacial score (nSPS) is 11.7. The summed E-state index contributed by atoms with van der Waals surface area (Å²) in [6.45, 7) is 3.16. The molecule has 0 radical (unpaired) electrons. The van der Waals surface area contributed by atoms with Crippen molar-refractivity contribution in [3.63, 3.8) is 0 Å². The number of aryl methyl sites for hydroxylation is 1. The van der Waals surface area contributed by atoms with Gasteiger partial charge in [-0.25, -0.2) is 9.37 Å². The molecule has 0 amide bonds. The van der Waals surface area contributed by atoms with Gasteiger partial charge in [-0.2, -0.15) is 0 Å². The summed E-state index contributed by atoms with van der Waals surface area (Å²) < 4.78 is 15.0. The molecular formula is C10H15FN2O2. The molecule has 1 rings (SSSR count). The van der Waals surface area contributed by atoms with Gasteiger partial charge in [-0.05, 0) is 20.3 Å². The largest absolute Gasteiger partial charge is 0.481 e. The fraction of sp³-hybridized carbons (Fsp3) is 0.600. The van der Waals surface area contributed by atoms with Crippen LogP contribution in [0.3, 0.4) is 0 Å². The maximum absolute atomic E-state index is 13.4. The molecule has 1 N–H and O–H groups in total. The number of hydrogen-bond donors (Lipinski definition) is 1. The Kier molecular flexibility index (Phi) is 3.44. The van der Waals surface area contributed by atoms with Gasteiger partial charge in [0.15, 0.2) is 0 Å². The summed E-state index contributed by atoms with van der Waals surface area (Å²) in [5.74, 6) is -0.859. The Morgan fingerprint density at radius 2 is 2.33 bits per heavy atom. The van der Waals surface area contributed by atoms with Gasteiger partial charge in [0.25, 0.3) is 0 Å². The summed E-state index contributed by atoms with van der Waals surface area (Å²) in [7, 11) is 0. The second-order valence-corrected chi connectivity index (χ2v) is 4.13. The van der Waals surface area contributed by atoms with Crippen LogP contribution in [0, 0.1) is 0 Å². The van der Waals surface area contributed by atoms with Crippen LogP contribution in [0.2, 0.25) is 0 Å². The van der Waals surface area contributed by atoms with E-state index in [0.717, 1.165) is 5.69 Å². The Morgan fingerprint density at radius 1 is 1.67 bits per heavy atom. The van der Waals surface area contributed by atoms with E-state index in [1.54, 1.807) is 10.8 Å². The summed E-state index contributed by atoms with van der Waals surface area (Å²) >= 11 is 0. The number of nitrogens with zero attached hydrogens (tertiary/aromatic N) is 2. The molecule has 5 heteroatoms. The molecule has 84 valence electrons. The fourth-order valence-corrected chi connectivity index (χ4v) is 1.34. The van der Waals surface area contributed by atoms with Crippen LogP contribution in [0.1, 0.15) is 26.0 Å². The highest BCUT2D eigenvalue weighted by Crippen LogP contribution is 2.14. The molecule has 1 aromatic rings. The molecule has 0 saturated heterocycles. The summed E-state index contributed by atoms with van der Waals surface area (Å²) in [5, 5.41) is 8.53. The Hall–Kier alpha value is -1.39. The van der Waals surface area contributed by atoms with Crippen molar-refractivity contribution in [1.29, 1.82) is 0 Å². The first-order valence-corrected chi connectivity index (χ1v) is 4.78.